The van der Waals surface area contributed by atoms with Gasteiger partial charge in [-0.3, -0.25) is 72.1 Å². The summed E-state index contributed by atoms with van der Waals surface area (Å²) in [5.74, 6) is -16.4. The minimum Gasteiger partial charge on any atom is -0.481 e. The molecule has 452 valence electrons. The van der Waals surface area contributed by atoms with Gasteiger partial charge in [-0.15, -0.1) is 0 Å². The number of nitrogens with two attached hydrogens (primary N) is 4. The van der Waals surface area contributed by atoms with Crippen molar-refractivity contribution in [1.29, 1.82) is 0 Å². The first-order chi connectivity index (χ1) is 37.3. The normalized spacial score (nSPS) is 14.7. The molecule has 0 unspecified atom stereocenters. The zero-order valence-electron chi connectivity index (χ0n) is 45.7. The van der Waals surface area contributed by atoms with Gasteiger partial charge in [0.25, 0.3) is 0 Å². The number of carboxylic acid groups (broad SMARTS) is 2. The molecule has 0 aliphatic carbocycles. The molecule has 0 fully saturated rings. The Balaban J connectivity index is 5.97. The highest BCUT2D eigenvalue weighted by Crippen LogP contribution is 2.11. The van der Waals surface area contributed by atoms with Crippen LogP contribution in [0.3, 0.4) is 0 Å². The maximum atomic E-state index is 13.8. The lowest BCUT2D eigenvalue weighted by atomic mass is 9.97. The lowest BCUT2D eigenvalue weighted by Crippen LogP contribution is -2.59. The predicted octanol–water partition coefficient (Wildman–Crippen LogP) is -8.28. The number of aliphatic imine (C=N–C) groups is 1. The quantitative estimate of drug-likeness (QED) is 0.0118. The van der Waals surface area contributed by atoms with Crippen molar-refractivity contribution in [2.45, 2.75) is 141 Å². The van der Waals surface area contributed by atoms with Crippen LogP contribution in [0.15, 0.2) is 4.99 Å². The van der Waals surface area contributed by atoms with Crippen LogP contribution in [0, 0.1) is 17.8 Å². The van der Waals surface area contributed by atoms with Crippen molar-refractivity contribution in [3.63, 3.8) is 0 Å². The number of hydrogen-bond donors (Lipinski definition) is 19. The summed E-state index contributed by atoms with van der Waals surface area (Å²) in [6, 6.07) is -12.8. The van der Waals surface area contributed by atoms with Gasteiger partial charge >= 0.3 is 11.9 Å². The first kappa shape index (κ1) is 72.1. The van der Waals surface area contributed by atoms with E-state index in [4.69, 9.17) is 28.0 Å². The molecule has 0 rings (SSSR count). The van der Waals surface area contributed by atoms with Crippen LogP contribution >= 0.6 is 12.6 Å². The van der Waals surface area contributed by atoms with Gasteiger partial charge in [0.2, 0.25) is 70.9 Å². The highest BCUT2D eigenvalue weighted by Gasteiger charge is 2.35. The summed E-state index contributed by atoms with van der Waals surface area (Å²) in [5.41, 5.74) is 21.9. The number of hydrogen-bond acceptors (Lipinski definition) is 18. The molecule has 0 aliphatic rings. The van der Waals surface area contributed by atoms with Crippen LogP contribution in [-0.4, -0.2) is 197 Å². The molecule has 22 N–H and O–H groups in total. The predicted molar refractivity (Wildman–Crippen MR) is 286 cm³/mol. The van der Waals surface area contributed by atoms with E-state index in [1.807, 2.05) is 0 Å². The Labute approximate surface area is 466 Å². The number of aliphatic carboxylic acids is 2. The van der Waals surface area contributed by atoms with Crippen molar-refractivity contribution in [3.8, 4) is 0 Å². The first-order valence-electron chi connectivity index (χ1n) is 25.3. The molecule has 33 nitrogen and oxygen atoms in total. The maximum absolute atomic E-state index is 13.8. The van der Waals surface area contributed by atoms with E-state index in [1.54, 1.807) is 41.5 Å². The molecule has 0 saturated heterocycles. The van der Waals surface area contributed by atoms with Crippen molar-refractivity contribution < 1.29 is 82.4 Å². The molecule has 0 aliphatic heterocycles. The third-order valence-electron chi connectivity index (χ3n) is 11.7. The Morgan fingerprint density at radius 2 is 1.01 bits per heavy atom. The molecule has 0 saturated carbocycles. The molecule has 80 heavy (non-hydrogen) atoms. The Morgan fingerprint density at radius 3 is 1.51 bits per heavy atom. The van der Waals surface area contributed by atoms with Crippen molar-refractivity contribution in [3.05, 3.63) is 0 Å². The number of nitrogens with one attached hydrogen (secondary N) is 11. The van der Waals surface area contributed by atoms with Crippen molar-refractivity contribution >= 4 is 101 Å². The van der Waals surface area contributed by atoms with Gasteiger partial charge in [0.05, 0.1) is 38.7 Å². The molecule has 0 spiro atoms. The number of aliphatic hydroxyl groups excluding tert-OH is 1. The van der Waals surface area contributed by atoms with Gasteiger partial charge in [-0.2, -0.15) is 12.6 Å². The van der Waals surface area contributed by atoms with Gasteiger partial charge in [-0.25, -0.2) is 0 Å². The second kappa shape index (κ2) is 37.1. The molecule has 0 aromatic carbocycles. The number of carbonyl (C=O) groups excluding carboxylic acids is 12. The molecule has 0 radical (unpaired) electrons. The summed E-state index contributed by atoms with van der Waals surface area (Å²) in [6.45, 7) is 7.37. The highest BCUT2D eigenvalue weighted by molar-refractivity contribution is 7.80. The summed E-state index contributed by atoms with van der Waals surface area (Å²) in [6.07, 6.45) is -1.67. The fourth-order valence-corrected chi connectivity index (χ4v) is 6.88. The van der Waals surface area contributed by atoms with Crippen LogP contribution in [0.2, 0.25) is 0 Å². The summed E-state index contributed by atoms with van der Waals surface area (Å²) in [5, 5.41) is 53.9. The van der Waals surface area contributed by atoms with Crippen molar-refractivity contribution in [2.75, 3.05) is 38.5 Å². The summed E-state index contributed by atoms with van der Waals surface area (Å²) < 4.78 is 0. The molecule has 10 atom stereocenters. The zero-order valence-corrected chi connectivity index (χ0v) is 46.6. The van der Waals surface area contributed by atoms with Gasteiger partial charge in [0.15, 0.2) is 5.96 Å². The molecule has 0 aromatic rings. The lowest BCUT2D eigenvalue weighted by Gasteiger charge is -2.27. The van der Waals surface area contributed by atoms with E-state index in [9.17, 15) is 77.3 Å². The van der Waals surface area contributed by atoms with Crippen LogP contribution in [0.1, 0.15) is 87.0 Å². The number of nitrogens with zero attached hydrogens (tertiary/aromatic N) is 1. The molecule has 34 heteroatoms. The van der Waals surface area contributed by atoms with E-state index in [0.717, 1.165) is 0 Å². The summed E-state index contributed by atoms with van der Waals surface area (Å²) in [7, 11) is 0. The number of carbonyl (C=O) groups is 14. The van der Waals surface area contributed by atoms with Crippen LogP contribution in [0.4, 0.5) is 0 Å². The highest BCUT2D eigenvalue weighted by atomic mass is 32.1. The second-order valence-electron chi connectivity index (χ2n) is 19.0. The number of primary amides is 1. The second-order valence-corrected chi connectivity index (χ2v) is 19.4. The molecule has 12 amide bonds. The summed E-state index contributed by atoms with van der Waals surface area (Å²) in [4.78, 5) is 182. The van der Waals surface area contributed by atoms with Gasteiger partial charge in [-0.05, 0) is 43.9 Å². The standard InChI is InChI=1S/C46H80N16O17S/c1-8-22(6)36(62-39(72)26(14-33(68)69)60-42(75)34(48)20(2)3)43(76)54-15-30(65)52-16-31(66)56-27(18-63)40(73)58-24(10-9-13-51-46(49)50)38(71)59-25(11-12-29(47)64)37(70)53-17-32(67)57-28(19-80)41(74)61-35(21(4)5)44(77)55-23(7)45(78)79/h20-28,34-36,63,80H,8-19,48H2,1-7H3,(H2,47,64)(H,52,65)(H,53,70)(H,54,76)(H,55,77)(H,56,66)(H,57,67)(H,58,73)(H,59,71)(H,60,75)(H,61,74)(H,62,72)(H,68,69)(H,78,79)(H4,49,50,51)/t22-,23-,24-,25-,26-,27-,28-,34-,35-,36-/m0/s1. The smallest absolute Gasteiger partial charge is 0.325 e. The minimum atomic E-state index is -1.77. The Bertz CT molecular complexity index is 2230. The zero-order chi connectivity index (χ0) is 61.6. The van der Waals surface area contributed by atoms with Crippen LogP contribution in [0.25, 0.3) is 0 Å². The van der Waals surface area contributed by atoms with Gasteiger partial charge in [0.1, 0.15) is 48.3 Å². The van der Waals surface area contributed by atoms with Crippen molar-refractivity contribution in [1.82, 2.24) is 58.5 Å². The fraction of sp³-hybridized carbons (Fsp3) is 0.674. The summed E-state index contributed by atoms with van der Waals surface area (Å²) >= 11 is 4.08. The minimum absolute atomic E-state index is 0.0127. The number of guanidine groups is 1. The van der Waals surface area contributed by atoms with Crippen LogP contribution in [-0.2, 0) is 67.1 Å². The lowest BCUT2D eigenvalue weighted by molar-refractivity contribution is -0.142. The fourth-order valence-electron chi connectivity index (χ4n) is 6.62. The molecular formula is C46H80N16O17S. The molecule has 0 aromatic heterocycles. The van der Waals surface area contributed by atoms with Gasteiger partial charge in [0, 0.05) is 18.7 Å². The number of aliphatic hydroxyl groups is 1. The Kier molecular flexibility index (Phi) is 33.4. The largest absolute Gasteiger partial charge is 0.481 e. The maximum Gasteiger partial charge on any atom is 0.325 e. The van der Waals surface area contributed by atoms with Gasteiger partial charge < -0.3 is 96.7 Å². The molecule has 0 heterocycles. The number of carboxylic acids is 2. The van der Waals surface area contributed by atoms with E-state index in [0.29, 0.717) is 6.42 Å². The third-order valence-corrected chi connectivity index (χ3v) is 12.0. The van der Waals surface area contributed by atoms with E-state index >= 15 is 0 Å². The van der Waals surface area contributed by atoms with Gasteiger partial charge in [-0.1, -0.05) is 48.0 Å². The first-order valence-corrected chi connectivity index (χ1v) is 25.9. The SMILES string of the molecule is CC[C@H](C)[C@H](NC(=O)[C@H](CC(=O)O)NC(=O)[C@@H](N)C(C)C)C(=O)NCC(=O)NCC(=O)N[C@@H](CO)C(=O)N[C@@H](CCCN=C(N)N)C(=O)N[C@@H](CCC(N)=O)C(=O)NCC(=O)N[C@@H](CS)C(=O)N[C@H](C(=O)N[C@@H](C)C(=O)O)C(C)C. The number of amides is 12. The number of rotatable bonds is 38. The Morgan fingerprint density at radius 1 is 0.525 bits per heavy atom. The number of thiol groups is 1. The van der Waals surface area contributed by atoms with Crippen LogP contribution in [0.5, 0.6) is 0 Å². The topological polar surface area (TPSA) is 548 Å². The molecular weight excluding hydrogens is 1080 g/mol. The molecule has 0 bridgehead atoms. The van der Waals surface area contributed by atoms with E-state index in [-0.39, 0.29) is 37.0 Å². The Hall–Kier alpha value is -7.88. The van der Waals surface area contributed by atoms with E-state index in [1.165, 1.54) is 6.92 Å². The third kappa shape index (κ3) is 28.1. The van der Waals surface area contributed by atoms with Crippen molar-refractivity contribution in [2.24, 2.45) is 45.7 Å². The average molecular weight is 1160 g/mol. The monoisotopic (exact) mass is 1160 g/mol. The van der Waals surface area contributed by atoms with E-state index < -0.39 is 195 Å². The van der Waals surface area contributed by atoms with Crippen LogP contribution < -0.4 is 81.4 Å². The average Bonchev–Trinajstić information content (AvgIpc) is 3.38. The van der Waals surface area contributed by atoms with E-state index in [2.05, 4.69) is 76.1 Å².